The normalized spacial score (nSPS) is 24.8. The van der Waals surface area contributed by atoms with Crippen molar-refractivity contribution in [2.45, 2.75) is 24.5 Å². The Morgan fingerprint density at radius 1 is 0.885 bits per heavy atom. The summed E-state index contributed by atoms with van der Waals surface area (Å²) in [6.45, 7) is 3.05. The molecule has 2 aliphatic rings. The molecule has 3 aromatic rings. The minimum absolute atomic E-state index is 0.556. The van der Waals surface area contributed by atoms with E-state index in [0.717, 1.165) is 25.3 Å². The molecule has 1 unspecified atom stereocenters. The highest BCUT2D eigenvalue weighted by Crippen LogP contribution is 2.43. The molecule has 4 heteroatoms. The number of hydrogen-bond donors (Lipinski definition) is 1. The monoisotopic (exact) mass is 342 g/mol. The predicted octanol–water partition coefficient (Wildman–Crippen LogP) is 3.08. The van der Waals surface area contributed by atoms with E-state index in [1.165, 1.54) is 16.7 Å². The van der Waals surface area contributed by atoms with Crippen LogP contribution >= 0.6 is 0 Å². The average molecular weight is 342 g/mol. The maximum atomic E-state index is 4.50. The van der Waals surface area contributed by atoms with Gasteiger partial charge in [0.2, 0.25) is 0 Å². The maximum Gasteiger partial charge on any atom is 0.0544 e. The van der Waals surface area contributed by atoms with Crippen molar-refractivity contribution >= 4 is 0 Å². The molecule has 2 aromatic heterocycles. The lowest BCUT2D eigenvalue weighted by Gasteiger charge is -2.59. The highest BCUT2D eigenvalue weighted by atomic mass is 15.3. The summed E-state index contributed by atoms with van der Waals surface area (Å²) in [6.07, 6.45) is 5.62. The summed E-state index contributed by atoms with van der Waals surface area (Å²) in [5.41, 5.74) is 5.02. The second-order valence-electron chi connectivity index (χ2n) is 7.18. The first-order valence-corrected chi connectivity index (χ1v) is 9.27. The molecule has 5 rings (SSSR count). The van der Waals surface area contributed by atoms with Crippen LogP contribution in [-0.2, 0) is 6.54 Å². The van der Waals surface area contributed by atoms with E-state index in [2.05, 4.69) is 62.6 Å². The van der Waals surface area contributed by atoms with E-state index < -0.39 is 0 Å². The van der Waals surface area contributed by atoms with Gasteiger partial charge >= 0.3 is 0 Å². The van der Waals surface area contributed by atoms with E-state index in [1.807, 2.05) is 30.7 Å². The Balaban J connectivity index is 1.35. The molecule has 26 heavy (non-hydrogen) atoms. The molecule has 4 nitrogen and oxygen atoms in total. The summed E-state index contributed by atoms with van der Waals surface area (Å²) in [5, 5.41) is 3.57. The Morgan fingerprint density at radius 2 is 1.73 bits per heavy atom. The molecule has 0 radical (unpaired) electrons. The van der Waals surface area contributed by atoms with Crippen LogP contribution in [0.5, 0.6) is 0 Å². The lowest BCUT2D eigenvalue weighted by molar-refractivity contribution is -0.0491. The number of aromatic nitrogens is 2. The Hall–Kier alpha value is -2.56. The zero-order valence-corrected chi connectivity index (χ0v) is 14.6. The fourth-order valence-corrected chi connectivity index (χ4v) is 4.47. The number of hydrogen-bond acceptors (Lipinski definition) is 4. The number of rotatable bonds is 4. The fourth-order valence-electron chi connectivity index (χ4n) is 4.47. The molecule has 1 aromatic carbocycles. The van der Waals surface area contributed by atoms with Crippen LogP contribution in [-0.4, -0.2) is 40.0 Å². The van der Waals surface area contributed by atoms with Gasteiger partial charge < -0.3 is 5.32 Å². The minimum atomic E-state index is 0.556. The average Bonchev–Trinajstić information content (AvgIpc) is 2.73. The molecule has 1 N–H and O–H groups in total. The van der Waals surface area contributed by atoms with E-state index in [9.17, 15) is 0 Å². The molecule has 4 heterocycles. The SMILES string of the molecule is c1ccc(CN2[C@@H]3CNC[C@H]2C3c2ccc(-c3cccnc3)cc2)nc1. The third-order valence-electron chi connectivity index (χ3n) is 5.75. The predicted molar refractivity (Wildman–Crippen MR) is 103 cm³/mol. The van der Waals surface area contributed by atoms with Gasteiger partial charge in [0.25, 0.3) is 0 Å². The number of nitrogens with one attached hydrogen (secondary N) is 1. The van der Waals surface area contributed by atoms with E-state index in [-0.39, 0.29) is 0 Å². The summed E-state index contributed by atoms with van der Waals surface area (Å²) < 4.78 is 0. The van der Waals surface area contributed by atoms with Gasteiger partial charge in [-0.05, 0) is 34.9 Å². The van der Waals surface area contributed by atoms with Crippen molar-refractivity contribution in [1.82, 2.24) is 20.2 Å². The lowest BCUT2D eigenvalue weighted by atomic mass is 9.72. The topological polar surface area (TPSA) is 41.0 Å². The molecule has 2 fully saturated rings. The van der Waals surface area contributed by atoms with Crippen molar-refractivity contribution in [3.8, 4) is 11.1 Å². The number of piperazine rings is 1. The number of fused-ring (bicyclic) bond motifs is 2. The van der Waals surface area contributed by atoms with Crippen LogP contribution < -0.4 is 5.32 Å². The van der Waals surface area contributed by atoms with Crippen molar-refractivity contribution in [3.05, 3.63) is 84.4 Å². The summed E-state index contributed by atoms with van der Waals surface area (Å²) in [5.74, 6) is 0.614. The zero-order chi connectivity index (χ0) is 17.3. The minimum Gasteiger partial charge on any atom is -0.314 e. The molecular formula is C22H22N4. The van der Waals surface area contributed by atoms with Crippen LogP contribution in [0.15, 0.2) is 73.2 Å². The van der Waals surface area contributed by atoms with Gasteiger partial charge in [-0.15, -0.1) is 0 Å². The molecule has 2 saturated heterocycles. The van der Waals surface area contributed by atoms with Crippen LogP contribution in [0, 0.1) is 0 Å². The quantitative estimate of drug-likeness (QED) is 0.791. The van der Waals surface area contributed by atoms with Crippen molar-refractivity contribution in [2.24, 2.45) is 0 Å². The van der Waals surface area contributed by atoms with Crippen LogP contribution in [0.1, 0.15) is 17.2 Å². The van der Waals surface area contributed by atoms with Crippen molar-refractivity contribution in [2.75, 3.05) is 13.1 Å². The van der Waals surface area contributed by atoms with Gasteiger partial charge in [-0.1, -0.05) is 36.4 Å². The smallest absolute Gasteiger partial charge is 0.0544 e. The van der Waals surface area contributed by atoms with Gasteiger partial charge in [-0.2, -0.15) is 0 Å². The van der Waals surface area contributed by atoms with E-state index in [0.29, 0.717) is 18.0 Å². The first kappa shape index (κ1) is 15.7. The van der Waals surface area contributed by atoms with Crippen LogP contribution in [0.3, 0.4) is 0 Å². The summed E-state index contributed by atoms with van der Waals surface area (Å²) in [7, 11) is 0. The maximum absolute atomic E-state index is 4.50. The number of pyridine rings is 2. The standard InChI is InChI=1S/C22H22N4/c1-2-11-25-19(5-1)15-26-20-13-24-14-21(26)22(20)17-8-6-16(7-9-17)18-4-3-10-23-12-18/h1-12,20-22,24H,13-15H2/t20-,21+,22?. The summed E-state index contributed by atoms with van der Waals surface area (Å²) in [6, 6.07) is 20.5. The van der Waals surface area contributed by atoms with Crippen molar-refractivity contribution in [3.63, 3.8) is 0 Å². The Kier molecular flexibility index (Phi) is 4.00. The summed E-state index contributed by atoms with van der Waals surface area (Å²) in [4.78, 5) is 11.3. The molecule has 2 bridgehead atoms. The van der Waals surface area contributed by atoms with E-state index in [4.69, 9.17) is 0 Å². The highest BCUT2D eigenvalue weighted by molar-refractivity contribution is 5.62. The van der Waals surface area contributed by atoms with Gasteiger partial charge in [-0.3, -0.25) is 14.9 Å². The number of benzene rings is 1. The second-order valence-corrected chi connectivity index (χ2v) is 7.18. The fraction of sp³-hybridized carbons (Fsp3) is 0.273. The molecule has 0 amide bonds. The van der Waals surface area contributed by atoms with Crippen LogP contribution in [0.2, 0.25) is 0 Å². The number of nitrogens with zero attached hydrogens (tertiary/aromatic N) is 3. The van der Waals surface area contributed by atoms with Gasteiger partial charge in [0.1, 0.15) is 0 Å². The molecule has 3 atom stereocenters. The van der Waals surface area contributed by atoms with Crippen LogP contribution in [0.4, 0.5) is 0 Å². The first-order valence-electron chi connectivity index (χ1n) is 9.27. The molecular weight excluding hydrogens is 320 g/mol. The third kappa shape index (κ3) is 2.71. The summed E-state index contributed by atoms with van der Waals surface area (Å²) >= 11 is 0. The largest absolute Gasteiger partial charge is 0.314 e. The van der Waals surface area contributed by atoms with Gasteiger partial charge in [0.05, 0.1) is 5.69 Å². The Bertz CT molecular complexity index is 852. The molecule has 130 valence electrons. The van der Waals surface area contributed by atoms with Gasteiger partial charge in [-0.25, -0.2) is 0 Å². The van der Waals surface area contributed by atoms with Gasteiger partial charge in [0.15, 0.2) is 0 Å². The molecule has 0 spiro atoms. The Labute approximate surface area is 153 Å². The second kappa shape index (κ2) is 6.63. The highest BCUT2D eigenvalue weighted by Gasteiger charge is 2.51. The van der Waals surface area contributed by atoms with Gasteiger partial charge in [0, 0.05) is 56.2 Å². The van der Waals surface area contributed by atoms with E-state index >= 15 is 0 Å². The zero-order valence-electron chi connectivity index (χ0n) is 14.6. The molecule has 2 aliphatic heterocycles. The number of piperidine rings is 1. The molecule has 0 saturated carbocycles. The van der Waals surface area contributed by atoms with Crippen molar-refractivity contribution < 1.29 is 0 Å². The van der Waals surface area contributed by atoms with Crippen LogP contribution in [0.25, 0.3) is 11.1 Å². The molecule has 0 aliphatic carbocycles. The lowest BCUT2D eigenvalue weighted by Crippen LogP contribution is -2.72. The van der Waals surface area contributed by atoms with Crippen molar-refractivity contribution in [1.29, 1.82) is 0 Å². The third-order valence-corrected chi connectivity index (χ3v) is 5.75. The Morgan fingerprint density at radius 3 is 2.42 bits per heavy atom. The first-order chi connectivity index (χ1) is 12.9. The van der Waals surface area contributed by atoms with E-state index in [1.54, 1.807) is 0 Å².